The van der Waals surface area contributed by atoms with Crippen LogP contribution >= 0.6 is 24.0 Å². The van der Waals surface area contributed by atoms with Crippen LogP contribution in [0.25, 0.3) is 0 Å². The van der Waals surface area contributed by atoms with E-state index in [4.69, 9.17) is 0 Å². The Hall–Kier alpha value is -0.780. The average molecular weight is 519 g/mol. The number of carbonyl (C=O) groups excluding carboxylic acids is 1. The highest BCUT2D eigenvalue weighted by molar-refractivity contribution is 14.0. The first-order chi connectivity index (χ1) is 12.8. The van der Waals surface area contributed by atoms with Gasteiger partial charge in [0.25, 0.3) is 0 Å². The van der Waals surface area contributed by atoms with Crippen molar-refractivity contribution in [3.63, 3.8) is 0 Å². The lowest BCUT2D eigenvalue weighted by atomic mass is 9.92. The molecular formula is C18H33F3IN5O. The lowest BCUT2D eigenvalue weighted by Gasteiger charge is -2.40. The van der Waals surface area contributed by atoms with Crippen molar-refractivity contribution in [1.29, 1.82) is 0 Å². The highest BCUT2D eigenvalue weighted by Gasteiger charge is 2.31. The first kappa shape index (κ1) is 25.3. The van der Waals surface area contributed by atoms with E-state index >= 15 is 0 Å². The summed E-state index contributed by atoms with van der Waals surface area (Å²) in [5.74, 6) is -0.165. The first-order valence-corrected chi connectivity index (χ1v) is 9.80. The van der Waals surface area contributed by atoms with Crippen LogP contribution in [0.15, 0.2) is 4.99 Å². The number of nitrogens with one attached hydrogen (secondary N) is 2. The molecule has 0 aromatic carbocycles. The zero-order chi connectivity index (χ0) is 19.9. The van der Waals surface area contributed by atoms with E-state index in [1.165, 1.54) is 32.1 Å². The summed E-state index contributed by atoms with van der Waals surface area (Å²) in [5.41, 5.74) is 0. The molecule has 6 nitrogen and oxygen atoms in total. The minimum atomic E-state index is -4.39. The van der Waals surface area contributed by atoms with E-state index in [0.717, 1.165) is 33.0 Å². The number of hydrogen-bond donors (Lipinski definition) is 2. The summed E-state index contributed by atoms with van der Waals surface area (Å²) in [6.07, 6.45) is 4.20. The highest BCUT2D eigenvalue weighted by Crippen LogP contribution is 2.25. The normalized spacial score (nSPS) is 22.3. The second-order valence-corrected chi connectivity index (χ2v) is 7.56. The van der Waals surface area contributed by atoms with Crippen molar-refractivity contribution in [3.8, 4) is 0 Å². The van der Waals surface area contributed by atoms with Gasteiger partial charge in [-0.2, -0.15) is 13.2 Å². The quantitative estimate of drug-likeness (QED) is 0.333. The fraction of sp³-hybridized carbons (Fsp3) is 0.889. The van der Waals surface area contributed by atoms with Crippen LogP contribution in [0.5, 0.6) is 0 Å². The molecular weight excluding hydrogens is 486 g/mol. The maximum absolute atomic E-state index is 12.4. The second-order valence-electron chi connectivity index (χ2n) is 7.56. The van der Waals surface area contributed by atoms with E-state index in [9.17, 15) is 18.0 Å². The Balaban J connectivity index is 0.00000392. The number of rotatable bonds is 5. The smallest absolute Gasteiger partial charge is 0.352 e. The Kier molecular flexibility index (Phi) is 10.9. The van der Waals surface area contributed by atoms with Crippen molar-refractivity contribution in [2.24, 2.45) is 4.99 Å². The Bertz CT molecular complexity index is 512. The standard InChI is InChI=1S/C18H32F3N5O.HI/c1-22-17(23-11-16(27)25(2)13-18(19,20)21)24-14-7-6-10-26(12-14)15-8-4-3-5-9-15;/h14-15H,3-13H2,1-2H3,(H2,22,23,24);1H. The van der Waals surface area contributed by atoms with Crippen LogP contribution in [0.2, 0.25) is 0 Å². The number of piperidine rings is 1. The number of alkyl halides is 3. The molecule has 10 heteroatoms. The van der Waals surface area contributed by atoms with Crippen molar-refractivity contribution >= 4 is 35.8 Å². The Morgan fingerprint density at radius 2 is 1.86 bits per heavy atom. The second kappa shape index (κ2) is 12.0. The molecule has 1 unspecified atom stereocenters. The van der Waals surface area contributed by atoms with E-state index < -0.39 is 18.6 Å². The molecule has 0 aromatic heterocycles. The molecule has 1 aliphatic carbocycles. The van der Waals surface area contributed by atoms with Crippen LogP contribution in [0.3, 0.4) is 0 Å². The lowest BCUT2D eigenvalue weighted by molar-refractivity contribution is -0.157. The third-order valence-corrected chi connectivity index (χ3v) is 5.36. The molecule has 1 atom stereocenters. The number of hydrogen-bond acceptors (Lipinski definition) is 3. The summed E-state index contributed by atoms with van der Waals surface area (Å²) in [5, 5.41) is 6.16. The zero-order valence-corrected chi connectivity index (χ0v) is 19.1. The van der Waals surface area contributed by atoms with E-state index in [1.54, 1.807) is 7.05 Å². The molecule has 1 saturated heterocycles. The van der Waals surface area contributed by atoms with Crippen molar-refractivity contribution in [2.45, 2.75) is 63.2 Å². The summed E-state index contributed by atoms with van der Waals surface area (Å²) in [7, 11) is 2.75. The number of aliphatic imine (C=N–C) groups is 1. The Morgan fingerprint density at radius 3 is 2.46 bits per heavy atom. The summed E-state index contributed by atoms with van der Waals surface area (Å²) < 4.78 is 37.1. The Morgan fingerprint density at radius 1 is 1.18 bits per heavy atom. The van der Waals surface area contributed by atoms with E-state index in [1.807, 2.05) is 0 Å². The summed E-state index contributed by atoms with van der Waals surface area (Å²) in [4.78, 5) is 19.2. The number of guanidine groups is 1. The van der Waals surface area contributed by atoms with Crippen molar-refractivity contribution < 1.29 is 18.0 Å². The predicted octanol–water partition coefficient (Wildman–Crippen LogP) is 2.59. The van der Waals surface area contributed by atoms with Gasteiger partial charge in [0, 0.05) is 32.7 Å². The van der Waals surface area contributed by atoms with Crippen LogP contribution < -0.4 is 10.6 Å². The zero-order valence-electron chi connectivity index (χ0n) is 16.7. The van der Waals surface area contributed by atoms with Gasteiger partial charge in [-0.1, -0.05) is 19.3 Å². The first-order valence-electron chi connectivity index (χ1n) is 9.80. The molecule has 0 bridgehead atoms. The molecule has 2 N–H and O–H groups in total. The van der Waals surface area contributed by atoms with Gasteiger partial charge in [0.15, 0.2) is 5.96 Å². The van der Waals surface area contributed by atoms with Gasteiger partial charge in [0.05, 0.1) is 6.54 Å². The number of nitrogens with zero attached hydrogens (tertiary/aromatic N) is 3. The summed E-state index contributed by atoms with van der Waals surface area (Å²) >= 11 is 0. The maximum Gasteiger partial charge on any atom is 0.406 e. The topological polar surface area (TPSA) is 60.0 Å². The van der Waals surface area contributed by atoms with Gasteiger partial charge in [-0.3, -0.25) is 14.7 Å². The largest absolute Gasteiger partial charge is 0.406 e. The van der Waals surface area contributed by atoms with Crippen molar-refractivity contribution in [3.05, 3.63) is 0 Å². The van der Waals surface area contributed by atoms with Crippen LogP contribution in [0.1, 0.15) is 44.9 Å². The van der Waals surface area contributed by atoms with Gasteiger partial charge in [-0.25, -0.2) is 0 Å². The third kappa shape index (κ3) is 8.71. The molecule has 28 heavy (non-hydrogen) atoms. The number of halogens is 4. The molecule has 0 radical (unpaired) electrons. The van der Waals surface area contributed by atoms with Gasteiger partial charge in [0.1, 0.15) is 6.54 Å². The molecule has 2 aliphatic rings. The molecule has 1 aliphatic heterocycles. The monoisotopic (exact) mass is 519 g/mol. The van der Waals surface area contributed by atoms with E-state index in [-0.39, 0.29) is 36.6 Å². The summed E-state index contributed by atoms with van der Waals surface area (Å²) in [6, 6.07) is 0.894. The van der Waals surface area contributed by atoms with Crippen LogP contribution in [0.4, 0.5) is 13.2 Å². The van der Waals surface area contributed by atoms with Crippen LogP contribution in [-0.4, -0.2) is 80.2 Å². The SMILES string of the molecule is CN=C(NCC(=O)N(C)CC(F)(F)F)NC1CCCN(C2CCCCC2)C1.I. The van der Waals surface area contributed by atoms with Crippen molar-refractivity contribution in [1.82, 2.24) is 20.4 Å². The average Bonchev–Trinajstić information content (AvgIpc) is 2.64. The van der Waals surface area contributed by atoms with Crippen LogP contribution in [-0.2, 0) is 4.79 Å². The van der Waals surface area contributed by atoms with Gasteiger partial charge in [-0.15, -0.1) is 24.0 Å². The molecule has 2 fully saturated rings. The minimum absolute atomic E-state index is 0. The van der Waals surface area contributed by atoms with Gasteiger partial charge in [0.2, 0.25) is 5.91 Å². The molecule has 1 amide bonds. The number of amides is 1. The molecule has 0 aromatic rings. The molecule has 1 saturated carbocycles. The minimum Gasteiger partial charge on any atom is -0.352 e. The molecule has 164 valence electrons. The maximum atomic E-state index is 12.4. The Labute approximate surface area is 182 Å². The lowest BCUT2D eigenvalue weighted by Crippen LogP contribution is -2.54. The fourth-order valence-electron chi connectivity index (χ4n) is 3.94. The highest BCUT2D eigenvalue weighted by atomic mass is 127. The molecule has 0 spiro atoms. The fourth-order valence-corrected chi connectivity index (χ4v) is 3.94. The number of likely N-dealkylation sites (tertiary alicyclic amines) is 1. The van der Waals surface area contributed by atoms with Crippen LogP contribution in [0, 0.1) is 0 Å². The molecule has 2 rings (SSSR count). The third-order valence-electron chi connectivity index (χ3n) is 5.36. The number of likely N-dealkylation sites (N-methyl/N-ethyl adjacent to an activating group) is 1. The van der Waals surface area contributed by atoms with Crippen molar-refractivity contribution in [2.75, 3.05) is 40.3 Å². The molecule has 1 heterocycles. The van der Waals surface area contributed by atoms with Gasteiger partial charge >= 0.3 is 6.18 Å². The predicted molar refractivity (Wildman–Crippen MR) is 115 cm³/mol. The van der Waals surface area contributed by atoms with E-state index in [0.29, 0.717) is 16.9 Å². The van der Waals surface area contributed by atoms with Gasteiger partial charge in [-0.05, 0) is 32.2 Å². The summed E-state index contributed by atoms with van der Waals surface area (Å²) in [6.45, 7) is 0.590. The van der Waals surface area contributed by atoms with E-state index in [2.05, 4.69) is 20.5 Å². The number of carbonyl (C=O) groups is 1. The van der Waals surface area contributed by atoms with Gasteiger partial charge < -0.3 is 15.5 Å².